The van der Waals surface area contributed by atoms with E-state index in [1.807, 2.05) is 48.5 Å². The zero-order valence-electron chi connectivity index (χ0n) is 27.1. The Bertz CT molecular complexity index is 927. The van der Waals surface area contributed by atoms with E-state index in [2.05, 4.69) is 20.8 Å². The van der Waals surface area contributed by atoms with E-state index in [4.69, 9.17) is 18.3 Å². The molecule has 0 aliphatic rings. The second-order valence-corrected chi connectivity index (χ2v) is 13.0. The first-order valence-corrected chi connectivity index (χ1v) is 18.4. The first kappa shape index (κ1) is 36.4. The monoisotopic (exact) mass is 602 g/mol. The molecule has 0 aliphatic carbocycles. The minimum atomic E-state index is -4.06. The predicted octanol–water partition coefficient (Wildman–Crippen LogP) is 12.0. The molecule has 42 heavy (non-hydrogen) atoms. The van der Waals surface area contributed by atoms with E-state index >= 15 is 0 Å². The van der Waals surface area contributed by atoms with Gasteiger partial charge in [0.15, 0.2) is 6.29 Å². The Morgan fingerprint density at radius 2 is 0.976 bits per heavy atom. The summed E-state index contributed by atoms with van der Waals surface area (Å²) in [5, 5.41) is 0. The molecule has 0 saturated heterocycles. The Morgan fingerprint density at radius 1 is 0.571 bits per heavy atom. The van der Waals surface area contributed by atoms with Gasteiger partial charge < -0.3 is 13.8 Å². The fraction of sp³-hybridized carbons (Fsp3) is 0.667. The summed E-state index contributed by atoms with van der Waals surface area (Å²) in [7, 11) is -4.06. The number of phosphoric ester groups is 1. The standard InChI is InChI=1S/C36H59O5P/c1-5-8-11-13-15-17-19-25-33-27-21-23-29-35(33)40-42(37,39-32(4)38-31-10-7-3)41-36-30-24-22-28-34(36)26-20-18-16-14-12-9-6-2/h21-24,27-30,32H,5-20,25-26,31H2,1-4H3. The second kappa shape index (κ2) is 22.7. The lowest BCUT2D eigenvalue weighted by atomic mass is 10.0. The van der Waals surface area contributed by atoms with Crippen LogP contribution in [0.2, 0.25) is 0 Å². The Morgan fingerprint density at radius 3 is 1.43 bits per heavy atom. The van der Waals surface area contributed by atoms with Crippen LogP contribution < -0.4 is 9.05 Å². The normalized spacial score (nSPS) is 12.4. The van der Waals surface area contributed by atoms with Gasteiger partial charge in [-0.05, 0) is 62.3 Å². The summed E-state index contributed by atoms with van der Waals surface area (Å²) in [4.78, 5) is 0. The summed E-state index contributed by atoms with van der Waals surface area (Å²) in [6.45, 7) is 8.88. The maximum absolute atomic E-state index is 14.3. The Balaban J connectivity index is 2.11. The molecular weight excluding hydrogens is 543 g/mol. The molecule has 0 spiro atoms. The van der Waals surface area contributed by atoms with Crippen molar-refractivity contribution in [1.82, 2.24) is 0 Å². The van der Waals surface area contributed by atoms with E-state index in [0.717, 1.165) is 49.7 Å². The average Bonchev–Trinajstić information content (AvgIpc) is 2.98. The topological polar surface area (TPSA) is 54.0 Å². The van der Waals surface area contributed by atoms with Gasteiger partial charge in [-0.3, -0.25) is 0 Å². The molecular formula is C36H59O5P. The highest BCUT2D eigenvalue weighted by atomic mass is 31.2. The third kappa shape index (κ3) is 15.6. The van der Waals surface area contributed by atoms with Crippen LogP contribution in [0.4, 0.5) is 0 Å². The molecule has 238 valence electrons. The van der Waals surface area contributed by atoms with Crippen molar-refractivity contribution in [2.45, 2.75) is 150 Å². The van der Waals surface area contributed by atoms with Crippen LogP contribution in [-0.4, -0.2) is 12.9 Å². The number of ether oxygens (including phenoxy) is 1. The Hall–Kier alpha value is -1.81. The van der Waals surface area contributed by atoms with E-state index in [1.54, 1.807) is 6.92 Å². The molecule has 0 aliphatic heterocycles. The molecule has 0 saturated carbocycles. The summed E-state index contributed by atoms with van der Waals surface area (Å²) in [5.41, 5.74) is 2.05. The van der Waals surface area contributed by atoms with E-state index in [1.165, 1.54) is 77.0 Å². The number of hydrogen-bond acceptors (Lipinski definition) is 5. The molecule has 0 bridgehead atoms. The molecule has 1 unspecified atom stereocenters. The number of unbranched alkanes of at least 4 members (excludes halogenated alkanes) is 13. The fourth-order valence-corrected chi connectivity index (χ4v) is 6.44. The summed E-state index contributed by atoms with van der Waals surface area (Å²) in [5.74, 6) is 1.11. The van der Waals surface area contributed by atoms with Crippen molar-refractivity contribution in [3.05, 3.63) is 59.7 Å². The minimum Gasteiger partial charge on any atom is -0.395 e. The lowest BCUT2D eigenvalue weighted by Gasteiger charge is -2.24. The Kier molecular flexibility index (Phi) is 19.7. The van der Waals surface area contributed by atoms with Crippen molar-refractivity contribution in [2.24, 2.45) is 0 Å². The molecule has 0 fully saturated rings. The molecule has 6 heteroatoms. The maximum Gasteiger partial charge on any atom is 0.589 e. The van der Waals surface area contributed by atoms with Crippen molar-refractivity contribution < 1.29 is 22.9 Å². The van der Waals surface area contributed by atoms with Gasteiger partial charge in [-0.2, -0.15) is 0 Å². The SMILES string of the molecule is CCCCCCCCCc1ccccc1OP(=O)(Oc1ccccc1CCCCCCCCC)OC(C)OCCCC. The van der Waals surface area contributed by atoms with Gasteiger partial charge in [0.25, 0.3) is 0 Å². The molecule has 5 nitrogen and oxygen atoms in total. The largest absolute Gasteiger partial charge is 0.589 e. The summed E-state index contributed by atoms with van der Waals surface area (Å²) >= 11 is 0. The van der Waals surface area contributed by atoms with E-state index < -0.39 is 14.1 Å². The lowest BCUT2D eigenvalue weighted by Crippen LogP contribution is -2.17. The molecule has 0 heterocycles. The fourth-order valence-electron chi connectivity index (χ4n) is 5.05. The van der Waals surface area contributed by atoms with Crippen LogP contribution in [0.3, 0.4) is 0 Å². The van der Waals surface area contributed by atoms with E-state index in [-0.39, 0.29) is 0 Å². The average molecular weight is 603 g/mol. The van der Waals surface area contributed by atoms with Gasteiger partial charge >= 0.3 is 7.82 Å². The molecule has 2 aromatic rings. The van der Waals surface area contributed by atoms with Crippen molar-refractivity contribution in [3.63, 3.8) is 0 Å². The predicted molar refractivity (Wildman–Crippen MR) is 177 cm³/mol. The zero-order valence-corrected chi connectivity index (χ0v) is 28.0. The highest BCUT2D eigenvalue weighted by Crippen LogP contribution is 2.52. The molecule has 0 N–H and O–H groups in total. The van der Waals surface area contributed by atoms with Crippen molar-refractivity contribution in [3.8, 4) is 11.5 Å². The van der Waals surface area contributed by atoms with Crippen LogP contribution >= 0.6 is 7.82 Å². The third-order valence-corrected chi connectivity index (χ3v) is 8.99. The number of phosphoric acid groups is 1. The molecule has 0 radical (unpaired) electrons. The molecule has 2 rings (SSSR count). The van der Waals surface area contributed by atoms with Gasteiger partial charge in [0, 0.05) is 6.61 Å². The minimum absolute atomic E-state index is 0.529. The highest BCUT2D eigenvalue weighted by Gasteiger charge is 2.35. The van der Waals surface area contributed by atoms with Crippen molar-refractivity contribution in [2.75, 3.05) is 6.61 Å². The van der Waals surface area contributed by atoms with Crippen molar-refractivity contribution >= 4 is 7.82 Å². The van der Waals surface area contributed by atoms with Gasteiger partial charge in [0.1, 0.15) is 11.5 Å². The van der Waals surface area contributed by atoms with Crippen LogP contribution in [0.25, 0.3) is 0 Å². The van der Waals surface area contributed by atoms with Gasteiger partial charge in [-0.1, -0.05) is 141 Å². The molecule has 2 aromatic carbocycles. The number of rotatable bonds is 26. The van der Waals surface area contributed by atoms with Gasteiger partial charge in [-0.15, -0.1) is 0 Å². The smallest absolute Gasteiger partial charge is 0.395 e. The summed E-state index contributed by atoms with van der Waals surface area (Å²) in [6.07, 6.45) is 20.2. The lowest BCUT2D eigenvalue weighted by molar-refractivity contribution is -0.0779. The molecule has 1 atom stereocenters. The first-order valence-electron chi connectivity index (χ1n) is 17.0. The van der Waals surface area contributed by atoms with Crippen LogP contribution in [-0.2, 0) is 26.7 Å². The maximum atomic E-state index is 14.3. The van der Waals surface area contributed by atoms with Crippen LogP contribution in [0.1, 0.15) is 142 Å². The first-order chi connectivity index (χ1) is 20.5. The highest BCUT2D eigenvalue weighted by molar-refractivity contribution is 7.49. The summed E-state index contributed by atoms with van der Waals surface area (Å²) in [6, 6.07) is 15.6. The van der Waals surface area contributed by atoms with E-state index in [9.17, 15) is 4.57 Å². The summed E-state index contributed by atoms with van der Waals surface area (Å²) < 4.78 is 38.4. The van der Waals surface area contributed by atoms with Gasteiger partial charge in [0.05, 0.1) is 0 Å². The zero-order chi connectivity index (χ0) is 30.3. The number of benzene rings is 2. The van der Waals surface area contributed by atoms with Gasteiger partial charge in [-0.25, -0.2) is 9.09 Å². The Labute approximate surface area is 257 Å². The van der Waals surface area contributed by atoms with Crippen LogP contribution in [0, 0.1) is 0 Å². The number of para-hydroxylation sites is 2. The molecule has 0 amide bonds. The third-order valence-electron chi connectivity index (χ3n) is 7.59. The number of hydrogen-bond donors (Lipinski definition) is 0. The quantitative estimate of drug-likeness (QED) is 0.0609. The van der Waals surface area contributed by atoms with Gasteiger partial charge in [0.2, 0.25) is 0 Å². The number of aryl methyl sites for hydroxylation is 2. The van der Waals surface area contributed by atoms with Crippen molar-refractivity contribution in [1.29, 1.82) is 0 Å². The molecule has 0 aromatic heterocycles. The van der Waals surface area contributed by atoms with Crippen LogP contribution in [0.5, 0.6) is 11.5 Å². The van der Waals surface area contributed by atoms with E-state index in [0.29, 0.717) is 18.1 Å². The second-order valence-electron chi connectivity index (χ2n) is 11.5. The van der Waals surface area contributed by atoms with Crippen LogP contribution in [0.15, 0.2) is 48.5 Å².